The van der Waals surface area contributed by atoms with Crippen molar-refractivity contribution in [3.63, 3.8) is 0 Å². The monoisotopic (exact) mass is 264 g/mol. The van der Waals surface area contributed by atoms with Crippen LogP contribution in [0.5, 0.6) is 0 Å². The van der Waals surface area contributed by atoms with Gasteiger partial charge >= 0.3 is 0 Å². The number of carbonyl (C=O) groups is 1. The Morgan fingerprint density at radius 1 is 1.44 bits per heavy atom. The topological polar surface area (TPSA) is 68.3 Å². The molecule has 0 spiro atoms. The standard InChI is InChI=1S/C13H16N2O2S/c1-8(2)18-7-11-12(13(16)15-14)9-5-3-4-6-10(9)17-11/h3-6,8H,7,14H2,1-2H3,(H,15,16). The minimum absolute atomic E-state index is 0.306. The molecule has 1 aromatic carbocycles. The summed E-state index contributed by atoms with van der Waals surface area (Å²) in [4.78, 5) is 11.8. The largest absolute Gasteiger partial charge is 0.459 e. The highest BCUT2D eigenvalue weighted by Gasteiger charge is 2.19. The van der Waals surface area contributed by atoms with E-state index in [1.165, 1.54) is 0 Å². The quantitative estimate of drug-likeness (QED) is 0.506. The number of furan rings is 1. The first-order valence-corrected chi connectivity index (χ1v) is 6.81. The Labute approximate surface area is 110 Å². The van der Waals surface area contributed by atoms with Crippen LogP contribution >= 0.6 is 11.8 Å². The van der Waals surface area contributed by atoms with E-state index in [1.54, 1.807) is 11.8 Å². The molecule has 0 fully saturated rings. The second-order valence-corrected chi connectivity index (χ2v) is 5.79. The predicted molar refractivity (Wildman–Crippen MR) is 74.3 cm³/mol. The molecule has 0 aliphatic heterocycles. The van der Waals surface area contributed by atoms with Crippen LogP contribution in [0, 0.1) is 0 Å². The fourth-order valence-electron chi connectivity index (χ4n) is 1.76. The van der Waals surface area contributed by atoms with Gasteiger partial charge in [-0.1, -0.05) is 32.0 Å². The van der Waals surface area contributed by atoms with Crippen LogP contribution in [0.3, 0.4) is 0 Å². The van der Waals surface area contributed by atoms with Crippen molar-refractivity contribution in [3.05, 3.63) is 35.6 Å². The van der Waals surface area contributed by atoms with Gasteiger partial charge in [0.15, 0.2) is 0 Å². The lowest BCUT2D eigenvalue weighted by atomic mass is 10.1. The maximum absolute atomic E-state index is 11.8. The van der Waals surface area contributed by atoms with E-state index < -0.39 is 0 Å². The van der Waals surface area contributed by atoms with Crippen molar-refractivity contribution >= 4 is 28.6 Å². The maximum Gasteiger partial charge on any atom is 0.269 e. The summed E-state index contributed by atoms with van der Waals surface area (Å²) >= 11 is 1.73. The molecule has 18 heavy (non-hydrogen) atoms. The lowest BCUT2D eigenvalue weighted by Crippen LogP contribution is -2.30. The molecule has 1 heterocycles. The van der Waals surface area contributed by atoms with Gasteiger partial charge in [-0.2, -0.15) is 11.8 Å². The van der Waals surface area contributed by atoms with Gasteiger partial charge in [0, 0.05) is 5.39 Å². The zero-order valence-corrected chi connectivity index (χ0v) is 11.2. The molecular weight excluding hydrogens is 248 g/mol. The van der Waals surface area contributed by atoms with Gasteiger partial charge in [-0.25, -0.2) is 5.84 Å². The third-order valence-electron chi connectivity index (χ3n) is 2.57. The Bertz CT molecular complexity index is 563. The lowest BCUT2D eigenvalue weighted by molar-refractivity contribution is 0.0953. The SMILES string of the molecule is CC(C)SCc1oc2ccccc2c1C(=O)NN. The van der Waals surface area contributed by atoms with Gasteiger partial charge in [-0.3, -0.25) is 10.2 Å². The van der Waals surface area contributed by atoms with Crippen molar-refractivity contribution in [2.45, 2.75) is 24.9 Å². The molecule has 0 saturated heterocycles. The Hall–Kier alpha value is -1.46. The summed E-state index contributed by atoms with van der Waals surface area (Å²) < 4.78 is 5.74. The van der Waals surface area contributed by atoms with Gasteiger partial charge in [0.2, 0.25) is 0 Å². The fraction of sp³-hybridized carbons (Fsp3) is 0.308. The zero-order valence-electron chi connectivity index (χ0n) is 10.4. The van der Waals surface area contributed by atoms with Gasteiger partial charge in [0.1, 0.15) is 11.3 Å². The summed E-state index contributed by atoms with van der Waals surface area (Å²) in [6, 6.07) is 7.49. The molecule has 3 N–H and O–H groups in total. The van der Waals surface area contributed by atoms with Gasteiger partial charge in [-0.15, -0.1) is 0 Å². The van der Waals surface area contributed by atoms with Crippen LogP contribution < -0.4 is 11.3 Å². The Morgan fingerprint density at radius 3 is 2.83 bits per heavy atom. The Morgan fingerprint density at radius 2 is 2.17 bits per heavy atom. The number of nitrogens with two attached hydrogens (primary N) is 1. The highest BCUT2D eigenvalue weighted by molar-refractivity contribution is 7.99. The summed E-state index contributed by atoms with van der Waals surface area (Å²) in [5.74, 6) is 6.27. The zero-order chi connectivity index (χ0) is 13.1. The number of para-hydroxylation sites is 1. The molecule has 0 atom stereocenters. The van der Waals surface area contributed by atoms with Crippen molar-refractivity contribution in [1.29, 1.82) is 0 Å². The third kappa shape index (κ3) is 2.52. The number of hydrogen-bond acceptors (Lipinski definition) is 4. The summed E-state index contributed by atoms with van der Waals surface area (Å²) in [5, 5.41) is 1.28. The second-order valence-electron chi connectivity index (χ2n) is 4.23. The number of nitrogen functional groups attached to an aromatic ring is 1. The van der Waals surface area contributed by atoms with Crippen molar-refractivity contribution in [1.82, 2.24) is 5.43 Å². The first-order valence-electron chi connectivity index (χ1n) is 5.76. The number of hydrazine groups is 1. The number of amides is 1. The molecule has 96 valence electrons. The highest BCUT2D eigenvalue weighted by atomic mass is 32.2. The third-order valence-corrected chi connectivity index (χ3v) is 3.67. The van der Waals surface area contributed by atoms with Gasteiger partial charge in [0.25, 0.3) is 5.91 Å². The number of hydrogen-bond donors (Lipinski definition) is 2. The summed E-state index contributed by atoms with van der Waals surface area (Å²) in [6.45, 7) is 4.21. The average Bonchev–Trinajstić information content (AvgIpc) is 2.73. The van der Waals surface area contributed by atoms with Crippen molar-refractivity contribution < 1.29 is 9.21 Å². The number of fused-ring (bicyclic) bond motifs is 1. The average molecular weight is 264 g/mol. The number of carbonyl (C=O) groups excluding carboxylic acids is 1. The fourth-order valence-corrected chi connectivity index (χ4v) is 2.45. The number of nitrogens with one attached hydrogen (secondary N) is 1. The molecule has 0 saturated carbocycles. The minimum atomic E-state index is -0.306. The molecule has 2 aromatic rings. The predicted octanol–water partition coefficient (Wildman–Crippen LogP) is 2.68. The Kier molecular flexibility index (Phi) is 3.93. The molecule has 1 amide bonds. The maximum atomic E-state index is 11.8. The van der Waals surface area contributed by atoms with Crippen LogP contribution in [-0.2, 0) is 5.75 Å². The molecule has 5 heteroatoms. The summed E-state index contributed by atoms with van der Waals surface area (Å²) in [7, 11) is 0. The van der Waals surface area contributed by atoms with Gasteiger partial charge in [-0.05, 0) is 11.3 Å². The van der Waals surface area contributed by atoms with Crippen LogP contribution in [0.2, 0.25) is 0 Å². The second kappa shape index (κ2) is 5.46. The molecule has 1 aromatic heterocycles. The van der Waals surface area contributed by atoms with E-state index in [-0.39, 0.29) is 5.91 Å². The minimum Gasteiger partial charge on any atom is -0.459 e. The van der Waals surface area contributed by atoms with Gasteiger partial charge < -0.3 is 4.42 Å². The molecule has 0 aliphatic carbocycles. The van der Waals surface area contributed by atoms with E-state index in [1.807, 2.05) is 24.3 Å². The van der Waals surface area contributed by atoms with Crippen molar-refractivity contribution in [2.24, 2.45) is 5.84 Å². The van der Waals surface area contributed by atoms with Crippen LogP contribution in [0.25, 0.3) is 11.0 Å². The first-order chi connectivity index (χ1) is 8.63. The molecule has 2 rings (SSSR count). The van der Waals surface area contributed by atoms with Crippen LogP contribution in [0.15, 0.2) is 28.7 Å². The summed E-state index contributed by atoms with van der Waals surface area (Å²) in [5.41, 5.74) is 3.44. The first kappa shape index (κ1) is 13.0. The molecule has 0 bridgehead atoms. The van der Waals surface area contributed by atoms with Crippen LogP contribution in [0.4, 0.5) is 0 Å². The lowest BCUT2D eigenvalue weighted by Gasteiger charge is -2.04. The van der Waals surface area contributed by atoms with E-state index in [0.717, 1.165) is 11.0 Å². The van der Waals surface area contributed by atoms with E-state index in [9.17, 15) is 4.79 Å². The number of rotatable bonds is 4. The van der Waals surface area contributed by atoms with E-state index in [0.29, 0.717) is 22.3 Å². The number of benzene rings is 1. The van der Waals surface area contributed by atoms with Crippen LogP contribution in [-0.4, -0.2) is 11.2 Å². The van der Waals surface area contributed by atoms with E-state index >= 15 is 0 Å². The molecule has 4 nitrogen and oxygen atoms in total. The van der Waals surface area contributed by atoms with E-state index in [2.05, 4.69) is 19.3 Å². The normalized spacial score (nSPS) is 11.1. The molecule has 0 unspecified atom stereocenters. The van der Waals surface area contributed by atoms with Gasteiger partial charge in [0.05, 0.1) is 11.3 Å². The molecule has 0 radical (unpaired) electrons. The highest BCUT2D eigenvalue weighted by Crippen LogP contribution is 2.29. The van der Waals surface area contributed by atoms with E-state index in [4.69, 9.17) is 10.3 Å². The number of thioether (sulfide) groups is 1. The molecule has 0 aliphatic rings. The summed E-state index contributed by atoms with van der Waals surface area (Å²) in [6.07, 6.45) is 0. The van der Waals surface area contributed by atoms with Crippen molar-refractivity contribution in [3.8, 4) is 0 Å². The molecular formula is C13H16N2O2S. The van der Waals surface area contributed by atoms with Crippen molar-refractivity contribution in [2.75, 3.05) is 0 Å². The Balaban J connectivity index is 2.46. The smallest absolute Gasteiger partial charge is 0.269 e. The van der Waals surface area contributed by atoms with Crippen LogP contribution in [0.1, 0.15) is 30.0 Å².